The van der Waals surface area contributed by atoms with E-state index in [1.807, 2.05) is 6.07 Å². The number of nitrogens with zero attached hydrogens (tertiary/aromatic N) is 4. The second-order valence-corrected chi connectivity index (χ2v) is 7.62. The lowest BCUT2D eigenvalue weighted by Gasteiger charge is -2.33. The van der Waals surface area contributed by atoms with Crippen LogP contribution >= 0.6 is 0 Å². The Labute approximate surface area is 179 Å². The van der Waals surface area contributed by atoms with Gasteiger partial charge in [-0.05, 0) is 49.6 Å². The van der Waals surface area contributed by atoms with Gasteiger partial charge in [-0.15, -0.1) is 0 Å². The first kappa shape index (κ1) is 20.7. The molecule has 1 unspecified atom stereocenters. The van der Waals surface area contributed by atoms with E-state index in [9.17, 15) is 9.18 Å². The van der Waals surface area contributed by atoms with E-state index < -0.39 is 11.7 Å². The number of anilines is 3. The van der Waals surface area contributed by atoms with Crippen LogP contribution in [-0.4, -0.2) is 40.0 Å². The highest BCUT2D eigenvalue weighted by atomic mass is 19.1. The molecular formula is C22H24FN7O. The molecule has 0 saturated carbocycles. The minimum Gasteiger partial charge on any atom is -0.397 e. The van der Waals surface area contributed by atoms with Gasteiger partial charge in [-0.2, -0.15) is 0 Å². The molecule has 1 amide bonds. The highest BCUT2D eigenvalue weighted by Crippen LogP contribution is 2.28. The van der Waals surface area contributed by atoms with Gasteiger partial charge in [0, 0.05) is 31.5 Å². The Morgan fingerprint density at radius 2 is 2.10 bits per heavy atom. The molecule has 1 aliphatic heterocycles. The number of halogens is 1. The van der Waals surface area contributed by atoms with Crippen molar-refractivity contribution in [3.63, 3.8) is 0 Å². The van der Waals surface area contributed by atoms with Crippen LogP contribution in [0.3, 0.4) is 0 Å². The van der Waals surface area contributed by atoms with Crippen molar-refractivity contribution < 1.29 is 9.18 Å². The molecule has 4 heterocycles. The van der Waals surface area contributed by atoms with Gasteiger partial charge in [-0.3, -0.25) is 14.8 Å². The zero-order valence-corrected chi connectivity index (χ0v) is 17.2. The number of nitrogens with one attached hydrogen (secondary N) is 1. The smallest absolute Gasteiger partial charge is 0.276 e. The van der Waals surface area contributed by atoms with Gasteiger partial charge in [0.2, 0.25) is 0 Å². The lowest BCUT2D eigenvalue weighted by atomic mass is 10.1. The molecule has 0 aromatic carbocycles. The summed E-state index contributed by atoms with van der Waals surface area (Å²) in [6.07, 6.45) is 6.69. The number of hydrogen-bond donors (Lipinski definition) is 3. The van der Waals surface area contributed by atoms with E-state index in [1.165, 1.54) is 12.3 Å². The van der Waals surface area contributed by atoms with E-state index in [1.54, 1.807) is 31.5 Å². The van der Waals surface area contributed by atoms with E-state index in [4.69, 9.17) is 11.5 Å². The van der Waals surface area contributed by atoms with Crippen LogP contribution < -0.4 is 21.7 Å². The monoisotopic (exact) mass is 421 g/mol. The Hall–Kier alpha value is -3.59. The molecule has 3 aromatic rings. The number of rotatable bonds is 4. The average molecular weight is 421 g/mol. The van der Waals surface area contributed by atoms with Crippen molar-refractivity contribution in [3.05, 3.63) is 59.9 Å². The largest absolute Gasteiger partial charge is 0.397 e. The molecule has 0 spiro atoms. The Kier molecular flexibility index (Phi) is 5.77. The molecule has 31 heavy (non-hydrogen) atoms. The average Bonchev–Trinajstić information content (AvgIpc) is 2.76. The third-order valence-electron chi connectivity index (χ3n) is 5.31. The number of aryl methyl sites for hydroxylation is 1. The van der Waals surface area contributed by atoms with Crippen molar-refractivity contribution in [1.82, 2.24) is 15.0 Å². The molecule has 9 heteroatoms. The number of hydrogen-bond acceptors (Lipinski definition) is 7. The number of piperidine rings is 1. The summed E-state index contributed by atoms with van der Waals surface area (Å²) in [4.78, 5) is 27.7. The number of carbonyl (C=O) groups is 1. The summed E-state index contributed by atoms with van der Waals surface area (Å²) in [5, 5.41) is 2.84. The Bertz CT molecular complexity index is 1120. The molecule has 0 aliphatic carbocycles. The van der Waals surface area contributed by atoms with Crippen LogP contribution in [-0.2, 0) is 0 Å². The van der Waals surface area contributed by atoms with Crippen molar-refractivity contribution >= 4 is 23.0 Å². The minimum atomic E-state index is -0.511. The molecule has 8 nitrogen and oxygen atoms in total. The Morgan fingerprint density at radius 3 is 2.90 bits per heavy atom. The topological polar surface area (TPSA) is 123 Å². The molecule has 1 aliphatic rings. The van der Waals surface area contributed by atoms with E-state index in [0.717, 1.165) is 25.1 Å². The molecule has 160 valence electrons. The maximum atomic E-state index is 14.5. The highest BCUT2D eigenvalue weighted by molar-refractivity contribution is 6.07. The van der Waals surface area contributed by atoms with Crippen LogP contribution in [0.5, 0.6) is 0 Å². The fourth-order valence-corrected chi connectivity index (χ4v) is 3.67. The van der Waals surface area contributed by atoms with Crippen LogP contribution in [0.1, 0.15) is 28.9 Å². The number of nitrogen functional groups attached to an aromatic ring is 1. The molecule has 1 atom stereocenters. The van der Waals surface area contributed by atoms with Crippen molar-refractivity contribution in [3.8, 4) is 11.4 Å². The molecular weight excluding hydrogens is 397 g/mol. The Balaban J connectivity index is 1.64. The molecule has 1 fully saturated rings. The molecule has 3 aromatic heterocycles. The van der Waals surface area contributed by atoms with E-state index in [-0.39, 0.29) is 28.8 Å². The van der Waals surface area contributed by atoms with Gasteiger partial charge >= 0.3 is 0 Å². The van der Waals surface area contributed by atoms with Crippen molar-refractivity contribution in [2.45, 2.75) is 25.8 Å². The third kappa shape index (κ3) is 4.31. The number of nitrogens with two attached hydrogens (primary N) is 2. The van der Waals surface area contributed by atoms with Gasteiger partial charge in [0.1, 0.15) is 5.69 Å². The summed E-state index contributed by atoms with van der Waals surface area (Å²) in [5.74, 6) is -0.995. The maximum absolute atomic E-state index is 14.5. The predicted molar refractivity (Wildman–Crippen MR) is 118 cm³/mol. The third-order valence-corrected chi connectivity index (χ3v) is 5.31. The van der Waals surface area contributed by atoms with E-state index in [0.29, 0.717) is 17.8 Å². The number of carbonyl (C=O) groups excluding carboxylic acids is 1. The Morgan fingerprint density at radius 1 is 1.26 bits per heavy atom. The van der Waals surface area contributed by atoms with Crippen LogP contribution in [0.4, 0.5) is 21.5 Å². The lowest BCUT2D eigenvalue weighted by molar-refractivity contribution is 0.102. The molecule has 0 radical (unpaired) electrons. The molecule has 1 saturated heterocycles. The van der Waals surface area contributed by atoms with Crippen LogP contribution in [0, 0.1) is 12.7 Å². The summed E-state index contributed by atoms with van der Waals surface area (Å²) in [6, 6.07) is 6.56. The van der Waals surface area contributed by atoms with Gasteiger partial charge in [0.25, 0.3) is 5.91 Å². The summed E-state index contributed by atoms with van der Waals surface area (Å²) in [6.45, 7) is 3.18. The van der Waals surface area contributed by atoms with Crippen LogP contribution in [0.2, 0.25) is 0 Å². The minimum absolute atomic E-state index is 0.00893. The fourth-order valence-electron chi connectivity index (χ4n) is 3.67. The van der Waals surface area contributed by atoms with Crippen LogP contribution in [0.25, 0.3) is 11.4 Å². The first-order chi connectivity index (χ1) is 14.9. The first-order valence-electron chi connectivity index (χ1n) is 10.1. The number of amides is 1. The second-order valence-electron chi connectivity index (χ2n) is 7.62. The number of pyridine rings is 3. The lowest BCUT2D eigenvalue weighted by Crippen LogP contribution is -2.43. The van der Waals surface area contributed by atoms with Gasteiger partial charge < -0.3 is 21.7 Å². The quantitative estimate of drug-likeness (QED) is 0.592. The normalized spacial score (nSPS) is 16.2. The van der Waals surface area contributed by atoms with Crippen molar-refractivity contribution in [2.24, 2.45) is 5.73 Å². The SMILES string of the molecule is Cc1ccnc(-c2ccc(N)c(C(=O)Nc3cnccc3N3CCCC(N)C3)n2)c1F. The summed E-state index contributed by atoms with van der Waals surface area (Å²) < 4.78 is 14.5. The first-order valence-corrected chi connectivity index (χ1v) is 10.1. The second kappa shape index (κ2) is 8.65. The maximum Gasteiger partial charge on any atom is 0.276 e. The molecule has 0 bridgehead atoms. The van der Waals surface area contributed by atoms with E-state index >= 15 is 0 Å². The predicted octanol–water partition coefficient (Wildman–Crippen LogP) is 2.75. The molecule has 4 rings (SSSR count). The highest BCUT2D eigenvalue weighted by Gasteiger charge is 2.22. The van der Waals surface area contributed by atoms with Gasteiger partial charge in [-0.1, -0.05) is 0 Å². The zero-order valence-electron chi connectivity index (χ0n) is 17.2. The summed E-state index contributed by atoms with van der Waals surface area (Å²) in [5.41, 5.74) is 14.4. The van der Waals surface area contributed by atoms with Crippen molar-refractivity contribution in [2.75, 3.05) is 29.0 Å². The fraction of sp³-hybridized carbons (Fsp3) is 0.273. The standard InChI is InChI=1S/C22H24FN7O/c1-13-6-9-27-21(19(13)23)16-5-4-15(25)20(28-16)22(31)29-17-11-26-8-7-18(17)30-10-2-3-14(24)12-30/h4-9,11,14H,2-3,10,12,24-25H2,1H3,(H,29,31). The summed E-state index contributed by atoms with van der Waals surface area (Å²) >= 11 is 0. The van der Waals surface area contributed by atoms with Crippen LogP contribution in [0.15, 0.2) is 42.9 Å². The molecule has 5 N–H and O–H groups in total. The van der Waals surface area contributed by atoms with Crippen molar-refractivity contribution in [1.29, 1.82) is 0 Å². The summed E-state index contributed by atoms with van der Waals surface area (Å²) in [7, 11) is 0. The zero-order chi connectivity index (χ0) is 22.0. The van der Waals surface area contributed by atoms with Gasteiger partial charge in [0.15, 0.2) is 11.5 Å². The van der Waals surface area contributed by atoms with E-state index in [2.05, 4.69) is 25.2 Å². The van der Waals surface area contributed by atoms with Gasteiger partial charge in [-0.25, -0.2) is 9.37 Å². The number of aromatic nitrogens is 3. The van der Waals surface area contributed by atoms with Gasteiger partial charge in [0.05, 0.1) is 29.0 Å².